The van der Waals surface area contributed by atoms with E-state index in [2.05, 4.69) is 5.32 Å². The number of carboxylic acid groups (broad SMARTS) is 1. The molecule has 0 aromatic heterocycles. The van der Waals surface area contributed by atoms with Crippen LogP contribution in [0.2, 0.25) is 0 Å². The van der Waals surface area contributed by atoms with E-state index in [-0.39, 0.29) is 12.5 Å². The van der Waals surface area contributed by atoms with Gasteiger partial charge in [-0.25, -0.2) is 4.79 Å². The Labute approximate surface area is 115 Å². The maximum absolute atomic E-state index is 12.4. The molecule has 1 fully saturated rings. The van der Waals surface area contributed by atoms with Crippen molar-refractivity contribution in [2.45, 2.75) is 57.3 Å². The summed E-state index contributed by atoms with van der Waals surface area (Å²) in [7, 11) is 0. The number of aliphatic carboxylic acids is 1. The standard InChI is InChI=1S/C12H19F3N2O3/c1-2-3-8(6-10(18)19)16-11(20)17(9-4-5-9)7-12(13,14)15/h8-9H,2-7H2,1H3,(H,16,20)(H,18,19). The second kappa shape index (κ2) is 6.81. The molecule has 0 bridgehead atoms. The van der Waals surface area contributed by atoms with Gasteiger partial charge in [-0.15, -0.1) is 0 Å². The Hall–Kier alpha value is -1.47. The molecule has 0 radical (unpaired) electrons. The number of amides is 2. The number of urea groups is 1. The molecule has 0 spiro atoms. The number of nitrogens with one attached hydrogen (secondary N) is 1. The van der Waals surface area contributed by atoms with Crippen molar-refractivity contribution in [3.05, 3.63) is 0 Å². The molecule has 0 aliphatic heterocycles. The van der Waals surface area contributed by atoms with Gasteiger partial charge >= 0.3 is 18.2 Å². The Morgan fingerprint density at radius 1 is 1.40 bits per heavy atom. The summed E-state index contributed by atoms with van der Waals surface area (Å²) in [6.07, 6.45) is -2.57. The first kappa shape index (κ1) is 16.6. The maximum Gasteiger partial charge on any atom is 0.406 e. The number of carbonyl (C=O) groups excluding carboxylic acids is 1. The van der Waals surface area contributed by atoms with E-state index in [1.165, 1.54) is 0 Å². The smallest absolute Gasteiger partial charge is 0.406 e. The third kappa shape index (κ3) is 6.12. The van der Waals surface area contributed by atoms with Crippen LogP contribution in [0.3, 0.4) is 0 Å². The van der Waals surface area contributed by atoms with Gasteiger partial charge in [0.05, 0.1) is 6.42 Å². The molecule has 20 heavy (non-hydrogen) atoms. The lowest BCUT2D eigenvalue weighted by molar-refractivity contribution is -0.141. The van der Waals surface area contributed by atoms with E-state index >= 15 is 0 Å². The van der Waals surface area contributed by atoms with Gasteiger partial charge < -0.3 is 15.3 Å². The van der Waals surface area contributed by atoms with E-state index in [4.69, 9.17) is 5.11 Å². The zero-order valence-electron chi connectivity index (χ0n) is 11.2. The molecule has 2 amide bonds. The average molecular weight is 296 g/mol. The van der Waals surface area contributed by atoms with Gasteiger partial charge in [0, 0.05) is 12.1 Å². The van der Waals surface area contributed by atoms with Crippen molar-refractivity contribution < 1.29 is 27.9 Å². The Balaban J connectivity index is 2.61. The highest BCUT2D eigenvalue weighted by Gasteiger charge is 2.41. The fourth-order valence-electron chi connectivity index (χ4n) is 1.99. The van der Waals surface area contributed by atoms with Crippen LogP contribution < -0.4 is 5.32 Å². The minimum absolute atomic E-state index is 0.288. The van der Waals surface area contributed by atoms with Crippen LogP contribution in [0.25, 0.3) is 0 Å². The van der Waals surface area contributed by atoms with Crippen molar-refractivity contribution in [1.29, 1.82) is 0 Å². The van der Waals surface area contributed by atoms with Crippen molar-refractivity contribution in [2.24, 2.45) is 0 Å². The first-order chi connectivity index (χ1) is 9.23. The Morgan fingerprint density at radius 2 is 2.00 bits per heavy atom. The summed E-state index contributed by atoms with van der Waals surface area (Å²) in [4.78, 5) is 23.3. The molecule has 2 N–H and O–H groups in total. The van der Waals surface area contributed by atoms with E-state index in [0.717, 1.165) is 4.90 Å². The van der Waals surface area contributed by atoms with Crippen LogP contribution in [0.5, 0.6) is 0 Å². The molecular weight excluding hydrogens is 277 g/mol. The average Bonchev–Trinajstić information content (AvgIpc) is 3.07. The molecule has 0 aromatic carbocycles. The van der Waals surface area contributed by atoms with Crippen LogP contribution >= 0.6 is 0 Å². The van der Waals surface area contributed by atoms with E-state index in [1.54, 1.807) is 0 Å². The van der Waals surface area contributed by atoms with Gasteiger partial charge in [0.25, 0.3) is 0 Å². The van der Waals surface area contributed by atoms with Crippen molar-refractivity contribution in [2.75, 3.05) is 6.54 Å². The number of carbonyl (C=O) groups is 2. The summed E-state index contributed by atoms with van der Waals surface area (Å²) >= 11 is 0. The molecule has 1 aliphatic carbocycles. The number of hydrogen-bond acceptors (Lipinski definition) is 2. The molecule has 8 heteroatoms. The van der Waals surface area contributed by atoms with Crippen LogP contribution in [0.15, 0.2) is 0 Å². The maximum atomic E-state index is 12.4. The number of carboxylic acids is 1. The van der Waals surface area contributed by atoms with Gasteiger partial charge in [0.2, 0.25) is 0 Å². The van der Waals surface area contributed by atoms with Gasteiger partial charge in [-0.05, 0) is 19.3 Å². The van der Waals surface area contributed by atoms with Crippen molar-refractivity contribution in [1.82, 2.24) is 10.2 Å². The number of halogens is 3. The highest BCUT2D eigenvalue weighted by atomic mass is 19.4. The molecule has 0 heterocycles. The van der Waals surface area contributed by atoms with Gasteiger partial charge in [-0.2, -0.15) is 13.2 Å². The van der Waals surface area contributed by atoms with Crippen LogP contribution in [0.4, 0.5) is 18.0 Å². The second-order valence-electron chi connectivity index (χ2n) is 5.01. The van der Waals surface area contributed by atoms with Crippen LogP contribution in [-0.2, 0) is 4.79 Å². The van der Waals surface area contributed by atoms with Gasteiger partial charge in [-0.1, -0.05) is 13.3 Å². The highest BCUT2D eigenvalue weighted by molar-refractivity contribution is 5.76. The summed E-state index contributed by atoms with van der Waals surface area (Å²) < 4.78 is 37.3. The molecule has 1 unspecified atom stereocenters. The second-order valence-corrected chi connectivity index (χ2v) is 5.01. The summed E-state index contributed by atoms with van der Waals surface area (Å²) in [6, 6.07) is -1.85. The van der Waals surface area contributed by atoms with Crippen molar-refractivity contribution >= 4 is 12.0 Å². The molecule has 0 aromatic rings. The Kier molecular flexibility index (Phi) is 5.64. The number of alkyl halides is 3. The number of rotatable bonds is 7. The summed E-state index contributed by atoms with van der Waals surface area (Å²) in [6.45, 7) is 0.519. The molecule has 1 saturated carbocycles. The fraction of sp³-hybridized carbons (Fsp3) is 0.833. The van der Waals surface area contributed by atoms with E-state index in [1.807, 2.05) is 6.92 Å². The predicted octanol–water partition coefficient (Wildman–Crippen LogP) is 2.37. The number of hydrogen-bond donors (Lipinski definition) is 2. The minimum Gasteiger partial charge on any atom is -0.481 e. The first-order valence-electron chi connectivity index (χ1n) is 6.58. The first-order valence-corrected chi connectivity index (χ1v) is 6.58. The normalized spacial score (nSPS) is 16.6. The zero-order valence-corrected chi connectivity index (χ0v) is 11.2. The molecule has 1 aliphatic rings. The predicted molar refractivity (Wildman–Crippen MR) is 65.3 cm³/mol. The molecule has 1 atom stereocenters. The van der Waals surface area contributed by atoms with Crippen LogP contribution in [0, 0.1) is 0 Å². The SMILES string of the molecule is CCCC(CC(=O)O)NC(=O)N(CC(F)(F)F)C1CC1. The Morgan fingerprint density at radius 3 is 2.40 bits per heavy atom. The lowest BCUT2D eigenvalue weighted by atomic mass is 10.1. The third-order valence-electron chi connectivity index (χ3n) is 2.98. The molecule has 116 valence electrons. The largest absolute Gasteiger partial charge is 0.481 e. The highest BCUT2D eigenvalue weighted by Crippen LogP contribution is 2.30. The van der Waals surface area contributed by atoms with Crippen LogP contribution in [-0.4, -0.2) is 46.8 Å². The quantitative estimate of drug-likeness (QED) is 0.757. The van der Waals surface area contributed by atoms with Gasteiger partial charge in [0.15, 0.2) is 0 Å². The fourth-order valence-corrected chi connectivity index (χ4v) is 1.99. The van der Waals surface area contributed by atoms with Crippen molar-refractivity contribution in [3.63, 3.8) is 0 Å². The van der Waals surface area contributed by atoms with Gasteiger partial charge in [-0.3, -0.25) is 4.79 Å². The third-order valence-corrected chi connectivity index (χ3v) is 2.98. The number of nitrogens with zero attached hydrogens (tertiary/aromatic N) is 1. The topological polar surface area (TPSA) is 69.6 Å². The van der Waals surface area contributed by atoms with Gasteiger partial charge in [0.1, 0.15) is 6.54 Å². The minimum atomic E-state index is -4.45. The summed E-state index contributed by atoms with van der Waals surface area (Å²) in [5.74, 6) is -1.09. The molecule has 5 nitrogen and oxygen atoms in total. The van der Waals surface area contributed by atoms with Crippen LogP contribution in [0.1, 0.15) is 39.0 Å². The Bertz CT molecular complexity index is 356. The molecular formula is C12H19F3N2O3. The summed E-state index contributed by atoms with van der Waals surface area (Å²) in [5, 5.41) is 11.1. The molecule has 0 saturated heterocycles. The van der Waals surface area contributed by atoms with E-state index in [0.29, 0.717) is 25.7 Å². The lowest BCUT2D eigenvalue weighted by Gasteiger charge is -2.26. The van der Waals surface area contributed by atoms with Crippen molar-refractivity contribution in [3.8, 4) is 0 Å². The lowest BCUT2D eigenvalue weighted by Crippen LogP contribution is -2.49. The monoisotopic (exact) mass is 296 g/mol. The molecule has 1 rings (SSSR count). The van der Waals surface area contributed by atoms with E-state index < -0.39 is 30.8 Å². The van der Waals surface area contributed by atoms with E-state index in [9.17, 15) is 22.8 Å². The zero-order chi connectivity index (χ0) is 15.3. The summed E-state index contributed by atoms with van der Waals surface area (Å²) in [5.41, 5.74) is 0.